The summed E-state index contributed by atoms with van der Waals surface area (Å²) in [5.74, 6) is 0.854. The largest absolute Gasteiger partial charge is 0.441 e. The van der Waals surface area contributed by atoms with Crippen molar-refractivity contribution in [1.82, 2.24) is 10.3 Å². The number of nitrogens with one attached hydrogen (secondary N) is 1. The highest BCUT2D eigenvalue weighted by molar-refractivity contribution is 5.72. The van der Waals surface area contributed by atoms with Crippen molar-refractivity contribution in [2.75, 3.05) is 6.54 Å². The van der Waals surface area contributed by atoms with E-state index in [1.807, 2.05) is 24.3 Å². The molecule has 0 bridgehead atoms. The third-order valence-electron chi connectivity index (χ3n) is 3.66. The number of para-hydroxylation sites is 2. The summed E-state index contributed by atoms with van der Waals surface area (Å²) in [6, 6.07) is 8.46. The first-order chi connectivity index (χ1) is 9.83. The second kappa shape index (κ2) is 8.05. The van der Waals surface area contributed by atoms with Crippen molar-refractivity contribution in [2.24, 2.45) is 0 Å². The summed E-state index contributed by atoms with van der Waals surface area (Å²) < 4.78 is 5.82. The first kappa shape index (κ1) is 15.0. The van der Waals surface area contributed by atoms with Gasteiger partial charge in [-0.1, -0.05) is 51.7 Å². The highest BCUT2D eigenvalue weighted by Gasteiger charge is 2.13. The first-order valence-electron chi connectivity index (χ1n) is 7.91. The van der Waals surface area contributed by atoms with Gasteiger partial charge in [-0.15, -0.1) is 0 Å². The Hall–Kier alpha value is -1.35. The van der Waals surface area contributed by atoms with Crippen LogP contribution in [0.4, 0.5) is 0 Å². The van der Waals surface area contributed by atoms with Crippen molar-refractivity contribution in [3.05, 3.63) is 30.2 Å². The lowest BCUT2D eigenvalue weighted by Gasteiger charge is -2.15. The van der Waals surface area contributed by atoms with Gasteiger partial charge in [-0.25, -0.2) is 4.98 Å². The van der Waals surface area contributed by atoms with E-state index >= 15 is 0 Å². The Labute approximate surface area is 121 Å². The first-order valence-corrected chi connectivity index (χ1v) is 7.91. The molecule has 0 radical (unpaired) electrons. The van der Waals surface area contributed by atoms with E-state index in [0.717, 1.165) is 30.0 Å². The lowest BCUT2D eigenvalue weighted by atomic mass is 10.0. The normalized spacial score (nSPS) is 12.9. The lowest BCUT2D eigenvalue weighted by Crippen LogP contribution is -2.31. The molecular formula is C17H26N2O. The molecule has 1 aromatic heterocycles. The summed E-state index contributed by atoms with van der Waals surface area (Å²) in [4.78, 5) is 4.57. The molecule has 0 spiro atoms. The van der Waals surface area contributed by atoms with E-state index in [9.17, 15) is 0 Å². The predicted octanol–water partition coefficient (Wildman–Crippen LogP) is 4.32. The van der Waals surface area contributed by atoms with E-state index in [2.05, 4.69) is 24.1 Å². The van der Waals surface area contributed by atoms with Gasteiger partial charge in [0.25, 0.3) is 0 Å². The van der Waals surface area contributed by atoms with Crippen LogP contribution in [0, 0.1) is 0 Å². The molecule has 0 aliphatic heterocycles. The van der Waals surface area contributed by atoms with Crippen LogP contribution in [0.2, 0.25) is 0 Å². The molecule has 3 heteroatoms. The zero-order valence-corrected chi connectivity index (χ0v) is 12.7. The molecule has 0 saturated heterocycles. The van der Waals surface area contributed by atoms with E-state index in [-0.39, 0.29) is 0 Å². The molecule has 0 aliphatic rings. The van der Waals surface area contributed by atoms with Gasteiger partial charge in [0, 0.05) is 12.5 Å². The van der Waals surface area contributed by atoms with E-state index in [0.29, 0.717) is 6.04 Å². The van der Waals surface area contributed by atoms with Crippen molar-refractivity contribution in [3.8, 4) is 0 Å². The third kappa shape index (κ3) is 4.34. The molecule has 2 aromatic rings. The average molecular weight is 274 g/mol. The van der Waals surface area contributed by atoms with Gasteiger partial charge in [0.05, 0.1) is 0 Å². The Balaban J connectivity index is 1.92. The third-order valence-corrected chi connectivity index (χ3v) is 3.66. The summed E-state index contributed by atoms with van der Waals surface area (Å²) in [5.41, 5.74) is 1.85. The number of hydrogen-bond acceptors (Lipinski definition) is 3. The molecule has 1 aromatic carbocycles. The van der Waals surface area contributed by atoms with E-state index in [1.165, 1.54) is 32.1 Å². The van der Waals surface area contributed by atoms with Crippen LogP contribution < -0.4 is 5.32 Å². The molecule has 0 amide bonds. The Kier molecular flexibility index (Phi) is 6.06. The molecule has 110 valence electrons. The van der Waals surface area contributed by atoms with Crippen molar-refractivity contribution in [3.63, 3.8) is 0 Å². The maximum Gasteiger partial charge on any atom is 0.197 e. The molecule has 20 heavy (non-hydrogen) atoms. The summed E-state index contributed by atoms with van der Waals surface area (Å²) in [6.45, 7) is 5.41. The van der Waals surface area contributed by atoms with Gasteiger partial charge in [0.2, 0.25) is 0 Å². The summed E-state index contributed by atoms with van der Waals surface area (Å²) in [5, 5.41) is 3.55. The number of unbranched alkanes of at least 4 members (excludes halogenated alkanes) is 3. The number of nitrogens with zero attached hydrogens (tertiary/aromatic N) is 1. The molecular weight excluding hydrogens is 248 g/mol. The van der Waals surface area contributed by atoms with Crippen LogP contribution in [0.25, 0.3) is 11.1 Å². The maximum absolute atomic E-state index is 5.82. The number of fused-ring (bicyclic) bond motifs is 1. The molecule has 1 N–H and O–H groups in total. The zero-order chi connectivity index (χ0) is 14.2. The number of aromatic nitrogens is 1. The Morgan fingerprint density at radius 2 is 2.00 bits per heavy atom. The van der Waals surface area contributed by atoms with Crippen LogP contribution in [0.15, 0.2) is 28.7 Å². The van der Waals surface area contributed by atoms with Gasteiger partial charge in [0.1, 0.15) is 5.52 Å². The zero-order valence-electron chi connectivity index (χ0n) is 12.7. The topological polar surface area (TPSA) is 38.1 Å². The van der Waals surface area contributed by atoms with Crippen molar-refractivity contribution in [2.45, 2.75) is 58.4 Å². The van der Waals surface area contributed by atoms with Crippen LogP contribution in [0.1, 0.15) is 51.8 Å². The highest BCUT2D eigenvalue weighted by Crippen LogP contribution is 2.17. The minimum absolute atomic E-state index is 0.477. The molecule has 1 heterocycles. The van der Waals surface area contributed by atoms with Gasteiger partial charge in [-0.2, -0.15) is 0 Å². The lowest BCUT2D eigenvalue weighted by molar-refractivity contribution is 0.418. The van der Waals surface area contributed by atoms with Gasteiger partial charge in [0.15, 0.2) is 11.5 Å². The van der Waals surface area contributed by atoms with Crippen LogP contribution in [0.5, 0.6) is 0 Å². The fourth-order valence-electron chi connectivity index (χ4n) is 2.60. The molecule has 0 aliphatic carbocycles. The number of likely N-dealkylation sites (N-methyl/N-ethyl adjacent to an activating group) is 1. The summed E-state index contributed by atoms with van der Waals surface area (Å²) in [6.07, 6.45) is 7.32. The number of benzene rings is 1. The van der Waals surface area contributed by atoms with E-state index in [1.54, 1.807) is 0 Å². The number of hydrogen-bond donors (Lipinski definition) is 1. The summed E-state index contributed by atoms with van der Waals surface area (Å²) >= 11 is 0. The van der Waals surface area contributed by atoms with Crippen molar-refractivity contribution >= 4 is 11.1 Å². The Bertz CT molecular complexity index is 473. The second-order valence-electron chi connectivity index (χ2n) is 5.38. The molecule has 0 fully saturated rings. The Morgan fingerprint density at radius 1 is 1.15 bits per heavy atom. The van der Waals surface area contributed by atoms with Gasteiger partial charge in [-0.3, -0.25) is 0 Å². The quantitative estimate of drug-likeness (QED) is 0.692. The number of rotatable bonds is 9. The minimum atomic E-state index is 0.477. The molecule has 3 nitrogen and oxygen atoms in total. The van der Waals surface area contributed by atoms with Gasteiger partial charge >= 0.3 is 0 Å². The average Bonchev–Trinajstić information content (AvgIpc) is 2.86. The van der Waals surface area contributed by atoms with Crippen LogP contribution >= 0.6 is 0 Å². The van der Waals surface area contributed by atoms with Crippen LogP contribution in [0.3, 0.4) is 0 Å². The fraction of sp³-hybridized carbons (Fsp3) is 0.588. The monoisotopic (exact) mass is 274 g/mol. The van der Waals surface area contributed by atoms with Gasteiger partial charge < -0.3 is 9.73 Å². The van der Waals surface area contributed by atoms with Crippen molar-refractivity contribution < 1.29 is 4.42 Å². The summed E-state index contributed by atoms with van der Waals surface area (Å²) in [7, 11) is 0. The maximum atomic E-state index is 5.82. The van der Waals surface area contributed by atoms with E-state index < -0.39 is 0 Å². The SMILES string of the molecule is CCCCCCC(Cc1nc2ccccc2o1)NCC. The van der Waals surface area contributed by atoms with Crippen LogP contribution in [-0.4, -0.2) is 17.6 Å². The second-order valence-corrected chi connectivity index (χ2v) is 5.38. The minimum Gasteiger partial charge on any atom is -0.441 e. The molecule has 1 unspecified atom stereocenters. The predicted molar refractivity (Wildman–Crippen MR) is 83.9 cm³/mol. The molecule has 2 rings (SSSR count). The van der Waals surface area contributed by atoms with Crippen LogP contribution in [-0.2, 0) is 6.42 Å². The van der Waals surface area contributed by atoms with E-state index in [4.69, 9.17) is 4.42 Å². The standard InChI is InChI=1S/C17H26N2O/c1-3-5-6-7-10-14(18-4-2)13-17-19-15-11-8-9-12-16(15)20-17/h8-9,11-12,14,18H,3-7,10,13H2,1-2H3. The van der Waals surface area contributed by atoms with Crippen molar-refractivity contribution in [1.29, 1.82) is 0 Å². The fourth-order valence-corrected chi connectivity index (χ4v) is 2.60. The molecule has 1 atom stereocenters. The number of oxazole rings is 1. The molecule has 0 saturated carbocycles. The smallest absolute Gasteiger partial charge is 0.197 e. The van der Waals surface area contributed by atoms with Gasteiger partial charge in [-0.05, 0) is 25.1 Å². The highest BCUT2D eigenvalue weighted by atomic mass is 16.3. The Morgan fingerprint density at radius 3 is 2.75 bits per heavy atom.